The molecule has 3 aromatic rings. The smallest absolute Gasteiger partial charge is 0.276 e. The van der Waals surface area contributed by atoms with Gasteiger partial charge in [-0.05, 0) is 51.5 Å². The zero-order valence-electron chi connectivity index (χ0n) is 20.6. The van der Waals surface area contributed by atoms with Gasteiger partial charge in [0, 0.05) is 30.4 Å². The van der Waals surface area contributed by atoms with Crippen LogP contribution >= 0.6 is 0 Å². The van der Waals surface area contributed by atoms with Crippen LogP contribution in [0.4, 0.5) is 21.6 Å². The second-order valence-electron chi connectivity index (χ2n) is 9.86. The van der Waals surface area contributed by atoms with Gasteiger partial charge in [-0.1, -0.05) is 0 Å². The number of anilines is 3. The maximum absolute atomic E-state index is 14.0. The van der Waals surface area contributed by atoms with Crippen LogP contribution in [0.1, 0.15) is 62.4 Å². The van der Waals surface area contributed by atoms with Crippen LogP contribution in [0.2, 0.25) is 0 Å². The maximum atomic E-state index is 14.0. The molecular formula is C25H31FN8O3. The number of aromatic nitrogens is 4. The first-order valence-electron chi connectivity index (χ1n) is 12.7. The number of carbonyl (C=O) groups is 2. The summed E-state index contributed by atoms with van der Waals surface area (Å²) < 4.78 is 15.5. The molecule has 0 spiro atoms. The van der Waals surface area contributed by atoms with Gasteiger partial charge in [0.25, 0.3) is 5.91 Å². The molecule has 2 fully saturated rings. The molecule has 1 atom stereocenters. The van der Waals surface area contributed by atoms with Gasteiger partial charge in [0.2, 0.25) is 5.91 Å². The molecule has 0 aromatic carbocycles. The predicted molar refractivity (Wildman–Crippen MR) is 136 cm³/mol. The Morgan fingerprint density at radius 3 is 2.49 bits per heavy atom. The number of hydrogen-bond acceptors (Lipinski definition) is 8. The molecule has 3 aromatic heterocycles. The van der Waals surface area contributed by atoms with E-state index >= 15 is 0 Å². The summed E-state index contributed by atoms with van der Waals surface area (Å²) in [6, 6.07) is 3.89. The summed E-state index contributed by atoms with van der Waals surface area (Å²) in [5.41, 5.74) is 1.49. The van der Waals surface area contributed by atoms with E-state index in [1.807, 2.05) is 6.07 Å². The minimum atomic E-state index is -0.656. The van der Waals surface area contributed by atoms with Crippen molar-refractivity contribution in [2.24, 2.45) is 0 Å². The molecule has 5 rings (SSSR count). The maximum Gasteiger partial charge on any atom is 0.276 e. The summed E-state index contributed by atoms with van der Waals surface area (Å²) >= 11 is 0. The van der Waals surface area contributed by atoms with Gasteiger partial charge >= 0.3 is 0 Å². The fourth-order valence-corrected chi connectivity index (χ4v) is 4.56. The minimum Gasteiger partial charge on any atom is -0.393 e. The number of aliphatic hydroxyl groups excluding tert-OH is 1. The Bertz CT molecular complexity index is 1280. The van der Waals surface area contributed by atoms with E-state index < -0.39 is 17.8 Å². The Kier molecular flexibility index (Phi) is 7.17. The van der Waals surface area contributed by atoms with Crippen LogP contribution in [0.15, 0.2) is 30.7 Å². The van der Waals surface area contributed by atoms with Crippen molar-refractivity contribution in [3.8, 4) is 0 Å². The number of fused-ring (bicyclic) bond motifs is 1. The summed E-state index contributed by atoms with van der Waals surface area (Å²) in [4.78, 5) is 33.1. The summed E-state index contributed by atoms with van der Waals surface area (Å²) in [5.74, 6) is -0.701. The van der Waals surface area contributed by atoms with Gasteiger partial charge in [0.05, 0.1) is 36.3 Å². The van der Waals surface area contributed by atoms with E-state index in [1.165, 1.54) is 23.0 Å². The number of rotatable bonds is 9. The largest absolute Gasteiger partial charge is 0.393 e. The summed E-state index contributed by atoms with van der Waals surface area (Å²) in [6.45, 7) is 1.60. The molecule has 0 radical (unpaired) electrons. The lowest BCUT2D eigenvalue weighted by Gasteiger charge is -2.30. The number of nitrogens with one attached hydrogen (secondary N) is 4. The second kappa shape index (κ2) is 10.7. The van der Waals surface area contributed by atoms with Crippen molar-refractivity contribution in [1.82, 2.24) is 24.9 Å². The molecule has 5 N–H and O–H groups in total. The number of aliphatic hydroxyl groups is 1. The van der Waals surface area contributed by atoms with E-state index in [1.54, 1.807) is 6.92 Å². The third kappa shape index (κ3) is 6.13. The highest BCUT2D eigenvalue weighted by Gasteiger charge is 2.26. The molecule has 37 heavy (non-hydrogen) atoms. The lowest BCUT2D eigenvalue weighted by atomic mass is 9.91. The molecular weight excluding hydrogens is 479 g/mol. The standard InChI is InChI=1S/C25H31FN8O3/c1-14(35)10-23(36)31-17-6-4-16(5-7-17)30-22-11-20(29-15-2-3-15)24-28-13-21(34(24)33-22)25(37)32-19-8-9-27-12-18(19)26/h8-9,11-17,29,35H,2-7,10H2,1H3,(H,30,33)(H,31,36)(H,27,32,37)/t14-,16?,17?/m1/s1. The van der Waals surface area contributed by atoms with Gasteiger partial charge in [-0.2, -0.15) is 0 Å². The van der Waals surface area contributed by atoms with E-state index in [0.29, 0.717) is 17.5 Å². The van der Waals surface area contributed by atoms with Gasteiger partial charge in [-0.3, -0.25) is 14.6 Å². The molecule has 12 heteroatoms. The minimum absolute atomic E-state index is 0.0258. The van der Waals surface area contributed by atoms with Crippen LogP contribution in [0.25, 0.3) is 5.65 Å². The third-order valence-electron chi connectivity index (χ3n) is 6.58. The zero-order valence-corrected chi connectivity index (χ0v) is 20.6. The summed E-state index contributed by atoms with van der Waals surface area (Å²) in [7, 11) is 0. The van der Waals surface area contributed by atoms with Crippen LogP contribution in [-0.4, -0.2) is 60.7 Å². The van der Waals surface area contributed by atoms with Crippen molar-refractivity contribution in [1.29, 1.82) is 0 Å². The molecule has 0 aliphatic heterocycles. The average molecular weight is 511 g/mol. The van der Waals surface area contributed by atoms with Crippen molar-refractivity contribution in [2.45, 2.75) is 76.1 Å². The number of nitrogens with zero attached hydrogens (tertiary/aromatic N) is 4. The molecule has 0 unspecified atom stereocenters. The molecule has 3 heterocycles. The Labute approximate surface area is 213 Å². The number of imidazole rings is 1. The average Bonchev–Trinajstić information content (AvgIpc) is 3.56. The highest BCUT2D eigenvalue weighted by atomic mass is 19.1. The van der Waals surface area contributed by atoms with Gasteiger partial charge in [-0.15, -0.1) is 5.10 Å². The lowest BCUT2D eigenvalue weighted by molar-refractivity contribution is -0.123. The topological polar surface area (TPSA) is 146 Å². The van der Waals surface area contributed by atoms with Gasteiger partial charge in [-0.25, -0.2) is 13.9 Å². The normalized spacial score (nSPS) is 20.3. The Morgan fingerprint density at radius 1 is 1.08 bits per heavy atom. The number of halogens is 1. The van der Waals surface area contributed by atoms with Crippen molar-refractivity contribution < 1.29 is 19.1 Å². The third-order valence-corrected chi connectivity index (χ3v) is 6.58. The first-order valence-corrected chi connectivity index (χ1v) is 12.7. The van der Waals surface area contributed by atoms with Crippen LogP contribution in [0, 0.1) is 5.82 Å². The summed E-state index contributed by atoms with van der Waals surface area (Å²) in [6.07, 6.45) is 8.75. The molecule has 2 aliphatic carbocycles. The van der Waals surface area contributed by atoms with E-state index in [-0.39, 0.29) is 35.8 Å². The Morgan fingerprint density at radius 2 is 1.78 bits per heavy atom. The van der Waals surface area contributed by atoms with Crippen LogP contribution in [0.5, 0.6) is 0 Å². The monoisotopic (exact) mass is 510 g/mol. The number of hydrogen-bond donors (Lipinski definition) is 5. The zero-order chi connectivity index (χ0) is 25.9. The number of pyridine rings is 1. The van der Waals surface area contributed by atoms with E-state index in [9.17, 15) is 19.1 Å². The van der Waals surface area contributed by atoms with Crippen LogP contribution in [-0.2, 0) is 4.79 Å². The highest BCUT2D eigenvalue weighted by Crippen LogP contribution is 2.30. The van der Waals surface area contributed by atoms with Crippen LogP contribution < -0.4 is 21.3 Å². The molecule has 2 aliphatic rings. The number of carbonyl (C=O) groups excluding carboxylic acids is 2. The van der Waals surface area contributed by atoms with Gasteiger partial charge in [0.1, 0.15) is 5.82 Å². The van der Waals surface area contributed by atoms with Crippen molar-refractivity contribution in [2.75, 3.05) is 16.0 Å². The van der Waals surface area contributed by atoms with E-state index in [2.05, 4.69) is 36.3 Å². The lowest BCUT2D eigenvalue weighted by Crippen LogP contribution is -2.41. The van der Waals surface area contributed by atoms with Gasteiger partial charge in [0.15, 0.2) is 17.2 Å². The number of amides is 2. The Hall–Kier alpha value is -3.80. The highest BCUT2D eigenvalue weighted by molar-refractivity contribution is 6.03. The molecule has 196 valence electrons. The quantitative estimate of drug-likeness (QED) is 0.295. The first-order chi connectivity index (χ1) is 17.9. The van der Waals surface area contributed by atoms with E-state index in [0.717, 1.165) is 50.4 Å². The fraction of sp³-hybridized carbons (Fsp3) is 0.480. The van der Waals surface area contributed by atoms with E-state index in [4.69, 9.17) is 0 Å². The van der Waals surface area contributed by atoms with Crippen LogP contribution in [0.3, 0.4) is 0 Å². The molecule has 0 saturated heterocycles. The van der Waals surface area contributed by atoms with Crippen molar-refractivity contribution in [3.63, 3.8) is 0 Å². The Balaban J connectivity index is 1.31. The molecule has 11 nitrogen and oxygen atoms in total. The second-order valence-corrected chi connectivity index (χ2v) is 9.86. The fourth-order valence-electron chi connectivity index (χ4n) is 4.56. The predicted octanol–water partition coefficient (Wildman–Crippen LogP) is 2.70. The SMILES string of the molecule is C[C@@H](O)CC(=O)NC1CCC(Nc2cc(NC3CC3)c3ncc(C(=O)Nc4ccncc4F)n3n2)CC1. The molecule has 2 saturated carbocycles. The first kappa shape index (κ1) is 24.9. The van der Waals surface area contributed by atoms with Gasteiger partial charge < -0.3 is 26.4 Å². The van der Waals surface area contributed by atoms with Crippen molar-refractivity contribution in [3.05, 3.63) is 42.2 Å². The summed E-state index contributed by atoms with van der Waals surface area (Å²) in [5, 5.41) is 26.5. The molecule has 0 bridgehead atoms. The molecule has 2 amide bonds. The van der Waals surface area contributed by atoms with Crippen molar-refractivity contribution >= 4 is 34.7 Å².